The first-order valence-electron chi connectivity index (χ1n) is 8.98. The van der Waals surface area contributed by atoms with E-state index in [-0.39, 0.29) is 24.8 Å². The van der Waals surface area contributed by atoms with Crippen LogP contribution in [0.25, 0.3) is 12.2 Å². The summed E-state index contributed by atoms with van der Waals surface area (Å²) in [6.45, 7) is 10.0. The summed E-state index contributed by atoms with van der Waals surface area (Å²) >= 11 is -1.93. The van der Waals surface area contributed by atoms with Crippen LogP contribution < -0.4 is 0 Å². The summed E-state index contributed by atoms with van der Waals surface area (Å²) in [4.78, 5) is 0. The van der Waals surface area contributed by atoms with Crippen LogP contribution in [0.5, 0.6) is 0 Å². The monoisotopic (exact) mass is 569 g/mol. The largest absolute Gasteiger partial charge is 0.147 e. The molecule has 2 aliphatic rings. The van der Waals surface area contributed by atoms with Gasteiger partial charge in [0.05, 0.1) is 0 Å². The Morgan fingerprint density at radius 1 is 0.692 bits per heavy atom. The Morgan fingerprint density at radius 3 is 1.46 bits per heavy atom. The van der Waals surface area contributed by atoms with Gasteiger partial charge in [0.1, 0.15) is 0 Å². The third-order valence-electron chi connectivity index (χ3n) is 5.62. The van der Waals surface area contributed by atoms with Gasteiger partial charge in [-0.15, -0.1) is 24.8 Å². The zero-order valence-electron chi connectivity index (χ0n) is 15.8. The minimum Gasteiger partial charge on any atom is -0.147 e. The summed E-state index contributed by atoms with van der Waals surface area (Å²) in [7, 11) is 0. The molecule has 2 aromatic rings. The Hall–Kier alpha value is -0.413. The van der Waals surface area contributed by atoms with Crippen LogP contribution in [0.1, 0.15) is 43.5 Å². The van der Waals surface area contributed by atoms with Gasteiger partial charge in [-0.2, -0.15) is 0 Å². The predicted octanol–water partition coefficient (Wildman–Crippen LogP) is 6.75. The fraction of sp³-hybridized carbons (Fsp3) is 0.273. The third kappa shape index (κ3) is 3.63. The van der Waals surface area contributed by atoms with Crippen LogP contribution in [0.4, 0.5) is 0 Å². The summed E-state index contributed by atoms with van der Waals surface area (Å²) < 4.78 is 1.61. The Morgan fingerprint density at radius 2 is 1.08 bits per heavy atom. The number of allylic oxidation sites excluding steroid dienone is 2. The zero-order chi connectivity index (χ0) is 16.8. The molecule has 0 nitrogen and oxygen atoms in total. The second-order valence-electron chi connectivity index (χ2n) is 7.56. The van der Waals surface area contributed by atoms with Gasteiger partial charge >= 0.3 is 155 Å². The molecule has 2 aromatic carbocycles. The van der Waals surface area contributed by atoms with Gasteiger partial charge in [-0.05, 0) is 0 Å². The molecule has 0 bridgehead atoms. The van der Waals surface area contributed by atoms with Gasteiger partial charge in [0.25, 0.3) is 0 Å². The molecule has 2 unspecified atom stereocenters. The van der Waals surface area contributed by atoms with E-state index in [1.54, 1.807) is 22.3 Å². The van der Waals surface area contributed by atoms with Crippen molar-refractivity contribution < 1.29 is 20.6 Å². The van der Waals surface area contributed by atoms with Gasteiger partial charge in [-0.3, -0.25) is 0 Å². The van der Waals surface area contributed by atoms with Gasteiger partial charge in [0.2, 0.25) is 0 Å². The molecule has 2 atom stereocenters. The number of fused-ring (bicyclic) bond motifs is 2. The number of benzene rings is 2. The Labute approximate surface area is 178 Å². The summed E-state index contributed by atoms with van der Waals surface area (Å²) in [5, 5.41) is 0. The molecule has 0 radical (unpaired) electrons. The van der Waals surface area contributed by atoms with Crippen molar-refractivity contribution in [2.24, 2.45) is 0 Å². The molecule has 0 N–H and O–H groups in total. The van der Waals surface area contributed by atoms with Gasteiger partial charge in [-0.25, -0.2) is 0 Å². The van der Waals surface area contributed by atoms with E-state index in [9.17, 15) is 0 Å². The fourth-order valence-electron chi connectivity index (χ4n) is 4.68. The molecule has 0 spiro atoms. The van der Waals surface area contributed by atoms with Crippen LogP contribution in [0.3, 0.4) is 0 Å². The molecule has 0 aliphatic heterocycles. The fourth-order valence-corrected chi connectivity index (χ4v) is 37.7. The number of hydrogen-bond acceptors (Lipinski definition) is 0. The van der Waals surface area contributed by atoms with E-state index in [0.717, 1.165) is 7.35 Å². The summed E-state index contributed by atoms with van der Waals surface area (Å²) in [5.74, 6) is -0.655. The molecule has 2 aliphatic carbocycles. The van der Waals surface area contributed by atoms with Crippen LogP contribution in [0, 0.1) is 0 Å². The number of rotatable bonds is 3. The van der Waals surface area contributed by atoms with Gasteiger partial charge in [0.15, 0.2) is 0 Å². The average molecular weight is 569 g/mol. The Bertz CT molecular complexity index is 789. The molecule has 4 heteroatoms. The van der Waals surface area contributed by atoms with Gasteiger partial charge < -0.3 is 0 Å². The van der Waals surface area contributed by atoms with Crippen LogP contribution >= 0.6 is 24.8 Å². The van der Waals surface area contributed by atoms with Crippen molar-refractivity contribution in [1.82, 2.24) is 0 Å². The molecule has 0 aromatic heterocycles. The maximum absolute atomic E-state index is 2.63. The van der Waals surface area contributed by atoms with E-state index < -0.39 is 26.6 Å². The van der Waals surface area contributed by atoms with Crippen molar-refractivity contribution in [1.29, 1.82) is 0 Å². The average Bonchev–Trinajstić information content (AvgIpc) is 3.05. The minimum absolute atomic E-state index is 0. The Balaban J connectivity index is 0.00000121. The molecule has 0 heterocycles. The summed E-state index contributed by atoms with van der Waals surface area (Å²) in [6, 6.07) is 18.3. The van der Waals surface area contributed by atoms with Crippen LogP contribution in [-0.4, -0.2) is 5.98 Å². The molecular weight excluding hydrogens is 542 g/mol. The first-order chi connectivity index (χ1) is 11.6. The van der Waals surface area contributed by atoms with E-state index in [1.807, 2.05) is 0 Å². The van der Waals surface area contributed by atoms with Crippen LogP contribution in [0.2, 0.25) is 13.1 Å². The first kappa shape index (κ1) is 21.9. The van der Waals surface area contributed by atoms with Gasteiger partial charge in [0, 0.05) is 0 Å². The molecular formula is C22H27Cl2HfSi. The molecule has 0 amide bonds. The van der Waals surface area contributed by atoms with Crippen molar-refractivity contribution in [2.45, 2.75) is 34.3 Å². The second kappa shape index (κ2) is 8.73. The molecule has 137 valence electrons. The van der Waals surface area contributed by atoms with Crippen molar-refractivity contribution in [3.63, 3.8) is 0 Å². The Kier molecular flexibility index (Phi) is 7.35. The normalized spacial score (nSPS) is 19.7. The maximum Gasteiger partial charge on any atom is -0.147 e. The second-order valence-corrected chi connectivity index (χ2v) is 35.5. The van der Waals surface area contributed by atoms with E-state index >= 15 is 0 Å². The van der Waals surface area contributed by atoms with Crippen molar-refractivity contribution in [2.75, 3.05) is 0 Å². The van der Waals surface area contributed by atoms with Crippen molar-refractivity contribution in [3.8, 4) is 0 Å². The van der Waals surface area contributed by atoms with Crippen LogP contribution in [-0.2, 0) is 20.6 Å². The molecule has 4 rings (SSSR count). The molecule has 0 saturated carbocycles. The zero-order valence-corrected chi connectivity index (χ0v) is 22.2. The van der Waals surface area contributed by atoms with E-state index in [0.29, 0.717) is 0 Å². The smallest absolute Gasteiger partial charge is 0.147 e. The van der Waals surface area contributed by atoms with Crippen molar-refractivity contribution in [3.05, 3.63) is 81.9 Å². The minimum atomic E-state index is -1.93. The molecule has 26 heavy (non-hydrogen) atoms. The maximum atomic E-state index is 2.63. The molecule has 0 fully saturated rings. The summed E-state index contributed by atoms with van der Waals surface area (Å²) in [6.07, 6.45) is 4.95. The van der Waals surface area contributed by atoms with Crippen molar-refractivity contribution >= 4 is 42.9 Å². The first-order valence-corrected chi connectivity index (χ1v) is 22.2. The third-order valence-corrected chi connectivity index (χ3v) is 37.1. The van der Waals surface area contributed by atoms with E-state index in [2.05, 4.69) is 87.6 Å². The standard InChI is InChI=1S/2C10H9.C2H7Si.2ClH.Hf/c2*1-8-6-9-4-2-3-5-10(9)7-8;1-3-2;;;/h2*2-7H,1H3;3H,1-2H3;2*1H;. The van der Waals surface area contributed by atoms with Crippen LogP contribution in [0.15, 0.2) is 59.7 Å². The topological polar surface area (TPSA) is 0 Å². The predicted molar refractivity (Wildman–Crippen MR) is 119 cm³/mol. The van der Waals surface area contributed by atoms with Gasteiger partial charge in [-0.1, -0.05) is 0 Å². The molecule has 0 saturated heterocycles. The quantitative estimate of drug-likeness (QED) is 0.360. The van der Waals surface area contributed by atoms with E-state index in [4.69, 9.17) is 0 Å². The van der Waals surface area contributed by atoms with E-state index in [1.165, 1.54) is 11.1 Å². The number of hydrogen-bond donors (Lipinski definition) is 0. The SMILES string of the molecule is CC1=Cc2ccccc2[CH]1[Hf]([CH]1C(C)=Cc2ccccc21)[SiH](C)C.Cl.Cl. The number of halogens is 2. The summed E-state index contributed by atoms with van der Waals surface area (Å²) in [5.41, 5.74) is 9.58.